The van der Waals surface area contributed by atoms with Gasteiger partial charge in [0.15, 0.2) is 0 Å². The number of carbonyl (C=O) groups is 2. The number of carboxylic acids is 1. The summed E-state index contributed by atoms with van der Waals surface area (Å²) in [5.74, 6) is -0.950. The van der Waals surface area contributed by atoms with Crippen molar-refractivity contribution in [3.63, 3.8) is 0 Å². The third-order valence-electron chi connectivity index (χ3n) is 5.06. The van der Waals surface area contributed by atoms with Gasteiger partial charge in [0.1, 0.15) is 5.41 Å². The first-order valence-electron chi connectivity index (χ1n) is 7.33. The van der Waals surface area contributed by atoms with Gasteiger partial charge in [-0.2, -0.15) is 0 Å². The van der Waals surface area contributed by atoms with Crippen LogP contribution >= 0.6 is 0 Å². The highest BCUT2D eigenvalue weighted by Crippen LogP contribution is 2.35. The van der Waals surface area contributed by atoms with Crippen molar-refractivity contribution in [1.29, 1.82) is 0 Å². The lowest BCUT2D eigenvalue weighted by Gasteiger charge is -2.47. The molecular formula is C14H25N3O4. The number of carboxylic acid groups (broad SMARTS) is 1. The Hall–Kier alpha value is -1.34. The predicted molar refractivity (Wildman–Crippen MR) is 77.2 cm³/mol. The van der Waals surface area contributed by atoms with E-state index in [1.807, 2.05) is 14.1 Å². The molecule has 1 saturated heterocycles. The topological polar surface area (TPSA) is 90.9 Å². The van der Waals surface area contributed by atoms with Gasteiger partial charge in [-0.05, 0) is 40.3 Å². The minimum absolute atomic E-state index is 0.0413. The average molecular weight is 299 g/mol. The number of carbonyl (C=O) groups excluding carboxylic acids is 1. The summed E-state index contributed by atoms with van der Waals surface area (Å²) in [6, 6.07) is -0.835. The van der Waals surface area contributed by atoms with E-state index in [1.165, 1.54) is 6.42 Å². The molecular weight excluding hydrogens is 274 g/mol. The standard InChI is InChI=1S/C14H25N3O4/c1-13(11(18)19)9-21-7-10(13)16-12(20)15-8-14(17(2)3)5-4-6-14/h10H,4-9H2,1-3H3,(H,18,19)(H2,15,16,20). The number of hydrogen-bond acceptors (Lipinski definition) is 4. The van der Waals surface area contributed by atoms with Crippen LogP contribution in [-0.4, -0.2) is 67.4 Å². The highest BCUT2D eigenvalue weighted by Gasteiger charge is 2.47. The molecule has 2 fully saturated rings. The fourth-order valence-electron chi connectivity index (χ4n) is 2.91. The van der Waals surface area contributed by atoms with Crippen LogP contribution in [0.4, 0.5) is 4.79 Å². The molecule has 3 N–H and O–H groups in total. The van der Waals surface area contributed by atoms with Crippen LogP contribution in [0.1, 0.15) is 26.2 Å². The quantitative estimate of drug-likeness (QED) is 0.677. The van der Waals surface area contributed by atoms with Gasteiger partial charge in [0, 0.05) is 12.1 Å². The second kappa shape index (κ2) is 5.81. The number of likely N-dealkylation sites (N-methyl/N-ethyl adjacent to an activating group) is 1. The molecule has 0 aromatic heterocycles. The van der Waals surface area contributed by atoms with Crippen LogP contribution in [0.5, 0.6) is 0 Å². The largest absolute Gasteiger partial charge is 0.481 e. The Morgan fingerprint density at radius 1 is 1.38 bits per heavy atom. The molecule has 1 aliphatic heterocycles. The molecule has 0 aromatic carbocycles. The number of urea groups is 1. The fourth-order valence-corrected chi connectivity index (χ4v) is 2.91. The van der Waals surface area contributed by atoms with E-state index in [2.05, 4.69) is 15.5 Å². The molecule has 0 spiro atoms. The van der Waals surface area contributed by atoms with Gasteiger partial charge in [-0.25, -0.2) is 4.79 Å². The highest BCUT2D eigenvalue weighted by molar-refractivity contribution is 5.79. The Kier molecular flexibility index (Phi) is 4.43. The lowest BCUT2D eigenvalue weighted by Crippen LogP contribution is -2.59. The number of hydrogen-bond donors (Lipinski definition) is 3. The van der Waals surface area contributed by atoms with Crippen LogP contribution < -0.4 is 10.6 Å². The summed E-state index contributed by atoms with van der Waals surface area (Å²) in [6.45, 7) is 2.52. The normalized spacial score (nSPS) is 30.8. The van der Waals surface area contributed by atoms with Crippen molar-refractivity contribution in [2.45, 2.75) is 37.8 Å². The van der Waals surface area contributed by atoms with E-state index in [1.54, 1.807) is 6.92 Å². The second-order valence-electron chi connectivity index (χ2n) is 6.59. The summed E-state index contributed by atoms with van der Waals surface area (Å²) in [4.78, 5) is 25.5. The Labute approximate surface area is 125 Å². The predicted octanol–water partition coefficient (Wildman–Crippen LogP) is 0.260. The first kappa shape index (κ1) is 16.0. The Balaban J connectivity index is 1.86. The summed E-state index contributed by atoms with van der Waals surface area (Å²) in [6.07, 6.45) is 3.31. The highest BCUT2D eigenvalue weighted by atomic mass is 16.5. The van der Waals surface area contributed by atoms with Crippen LogP contribution in [0.15, 0.2) is 0 Å². The summed E-state index contributed by atoms with van der Waals surface area (Å²) in [5.41, 5.74) is -1.02. The van der Waals surface area contributed by atoms with Crippen molar-refractivity contribution >= 4 is 12.0 Å². The van der Waals surface area contributed by atoms with Crippen LogP contribution in [0, 0.1) is 5.41 Å². The minimum Gasteiger partial charge on any atom is -0.481 e. The number of ether oxygens (including phenoxy) is 1. The van der Waals surface area contributed by atoms with Gasteiger partial charge in [-0.15, -0.1) is 0 Å². The molecule has 1 saturated carbocycles. The van der Waals surface area contributed by atoms with E-state index in [0.717, 1.165) is 12.8 Å². The zero-order valence-electron chi connectivity index (χ0n) is 12.9. The van der Waals surface area contributed by atoms with Crippen LogP contribution in [0.2, 0.25) is 0 Å². The molecule has 2 aliphatic rings. The lowest BCUT2D eigenvalue weighted by atomic mass is 9.75. The van der Waals surface area contributed by atoms with Gasteiger partial charge in [0.05, 0.1) is 19.3 Å². The molecule has 0 radical (unpaired) electrons. The summed E-state index contributed by atoms with van der Waals surface area (Å²) in [5, 5.41) is 14.9. The van der Waals surface area contributed by atoms with Crippen molar-refractivity contribution in [1.82, 2.24) is 15.5 Å². The van der Waals surface area contributed by atoms with Gasteiger partial charge >= 0.3 is 12.0 Å². The number of nitrogens with one attached hydrogen (secondary N) is 2. The number of aliphatic carboxylic acids is 1. The fraction of sp³-hybridized carbons (Fsp3) is 0.857. The van der Waals surface area contributed by atoms with Crippen LogP contribution in [0.3, 0.4) is 0 Å². The van der Waals surface area contributed by atoms with Gasteiger partial charge in [-0.3, -0.25) is 4.79 Å². The molecule has 21 heavy (non-hydrogen) atoms. The maximum atomic E-state index is 12.0. The molecule has 2 atom stereocenters. The monoisotopic (exact) mass is 299 g/mol. The van der Waals surface area contributed by atoms with Gasteiger partial charge < -0.3 is 25.4 Å². The molecule has 7 heteroatoms. The third kappa shape index (κ3) is 2.98. The average Bonchev–Trinajstić information content (AvgIpc) is 2.70. The lowest BCUT2D eigenvalue weighted by molar-refractivity contribution is -0.148. The Morgan fingerprint density at radius 2 is 2.05 bits per heavy atom. The van der Waals surface area contributed by atoms with E-state index in [-0.39, 0.29) is 24.8 Å². The molecule has 1 aliphatic carbocycles. The van der Waals surface area contributed by atoms with E-state index < -0.39 is 17.4 Å². The molecule has 0 aromatic rings. The molecule has 7 nitrogen and oxygen atoms in total. The van der Waals surface area contributed by atoms with Gasteiger partial charge in [0.2, 0.25) is 0 Å². The maximum absolute atomic E-state index is 12.0. The van der Waals surface area contributed by atoms with E-state index in [9.17, 15) is 14.7 Å². The van der Waals surface area contributed by atoms with Crippen molar-refractivity contribution in [3.05, 3.63) is 0 Å². The van der Waals surface area contributed by atoms with Crippen LogP contribution in [0.25, 0.3) is 0 Å². The third-order valence-corrected chi connectivity index (χ3v) is 5.06. The molecule has 1 heterocycles. The number of amides is 2. The molecule has 120 valence electrons. The first-order valence-corrected chi connectivity index (χ1v) is 7.33. The van der Waals surface area contributed by atoms with E-state index in [0.29, 0.717) is 6.54 Å². The van der Waals surface area contributed by atoms with Crippen molar-refractivity contribution in [2.24, 2.45) is 5.41 Å². The smallest absolute Gasteiger partial charge is 0.315 e. The van der Waals surface area contributed by atoms with Crippen molar-refractivity contribution in [3.8, 4) is 0 Å². The summed E-state index contributed by atoms with van der Waals surface area (Å²) < 4.78 is 5.22. The zero-order chi connectivity index (χ0) is 15.7. The number of nitrogens with zero attached hydrogens (tertiary/aromatic N) is 1. The molecule has 2 unspecified atom stereocenters. The molecule has 2 rings (SSSR count). The molecule has 2 amide bonds. The number of rotatable bonds is 5. The molecule has 0 bridgehead atoms. The summed E-state index contributed by atoms with van der Waals surface area (Å²) >= 11 is 0. The summed E-state index contributed by atoms with van der Waals surface area (Å²) in [7, 11) is 4.04. The Bertz CT molecular complexity index is 422. The van der Waals surface area contributed by atoms with E-state index >= 15 is 0 Å². The zero-order valence-corrected chi connectivity index (χ0v) is 12.9. The minimum atomic E-state index is -1.06. The van der Waals surface area contributed by atoms with Gasteiger partial charge in [0.25, 0.3) is 0 Å². The maximum Gasteiger partial charge on any atom is 0.315 e. The van der Waals surface area contributed by atoms with Gasteiger partial charge in [-0.1, -0.05) is 0 Å². The van der Waals surface area contributed by atoms with Crippen molar-refractivity contribution in [2.75, 3.05) is 33.9 Å². The van der Waals surface area contributed by atoms with E-state index in [4.69, 9.17) is 4.74 Å². The first-order chi connectivity index (χ1) is 9.80. The SMILES string of the molecule is CN(C)C1(CNC(=O)NC2COCC2(C)C(=O)O)CCC1. The van der Waals surface area contributed by atoms with Crippen LogP contribution in [-0.2, 0) is 9.53 Å². The second-order valence-corrected chi connectivity index (χ2v) is 6.59. The Morgan fingerprint density at radius 3 is 2.52 bits per heavy atom. The van der Waals surface area contributed by atoms with Crippen molar-refractivity contribution < 1.29 is 19.4 Å².